The maximum atomic E-state index is 8.81. The van der Waals surface area contributed by atoms with E-state index in [1.165, 1.54) is 0 Å². The summed E-state index contributed by atoms with van der Waals surface area (Å²) in [6, 6.07) is 9.08. The average Bonchev–Trinajstić information content (AvgIpc) is 2.18. The van der Waals surface area contributed by atoms with E-state index in [1.54, 1.807) is 25.1 Å². The molecule has 0 saturated heterocycles. The van der Waals surface area contributed by atoms with Gasteiger partial charge < -0.3 is 5.32 Å². The summed E-state index contributed by atoms with van der Waals surface area (Å²) in [6.45, 7) is 1.74. The molecular formula is C10H8BrN3. The minimum atomic E-state index is -0.309. The first-order valence-corrected chi connectivity index (χ1v) is 4.82. The molecule has 1 unspecified atom stereocenters. The number of nitriles is 2. The molecule has 0 saturated carbocycles. The van der Waals surface area contributed by atoms with E-state index in [-0.39, 0.29) is 6.04 Å². The van der Waals surface area contributed by atoms with Gasteiger partial charge in [0.1, 0.15) is 12.1 Å². The van der Waals surface area contributed by atoms with Gasteiger partial charge in [-0.1, -0.05) is 15.9 Å². The molecule has 0 heterocycles. The van der Waals surface area contributed by atoms with Gasteiger partial charge in [0.15, 0.2) is 0 Å². The van der Waals surface area contributed by atoms with Crippen molar-refractivity contribution in [2.24, 2.45) is 0 Å². The SMILES string of the molecule is CC(C#N)Nc1cc(Br)ccc1C#N. The Morgan fingerprint density at radius 1 is 1.43 bits per heavy atom. The standard InChI is InChI=1S/C10H8BrN3/c1-7(5-12)14-10-4-9(11)3-2-8(10)6-13/h2-4,7,14H,1H3. The van der Waals surface area contributed by atoms with Crippen LogP contribution in [0, 0.1) is 22.7 Å². The lowest BCUT2D eigenvalue weighted by Gasteiger charge is -2.09. The molecular weight excluding hydrogens is 242 g/mol. The Balaban J connectivity index is 3.02. The maximum Gasteiger partial charge on any atom is 0.111 e. The van der Waals surface area contributed by atoms with Gasteiger partial charge in [0.25, 0.3) is 0 Å². The first-order valence-electron chi connectivity index (χ1n) is 4.03. The zero-order valence-corrected chi connectivity index (χ0v) is 9.17. The van der Waals surface area contributed by atoms with E-state index in [2.05, 4.69) is 27.3 Å². The summed E-state index contributed by atoms with van der Waals surface area (Å²) in [5.41, 5.74) is 1.21. The van der Waals surface area contributed by atoms with Crippen molar-refractivity contribution in [3.63, 3.8) is 0 Å². The largest absolute Gasteiger partial charge is 0.369 e. The zero-order chi connectivity index (χ0) is 10.6. The fourth-order valence-corrected chi connectivity index (χ4v) is 1.36. The number of halogens is 1. The molecule has 1 aromatic rings. The van der Waals surface area contributed by atoms with E-state index >= 15 is 0 Å². The monoisotopic (exact) mass is 249 g/mol. The lowest BCUT2D eigenvalue weighted by atomic mass is 10.2. The highest BCUT2D eigenvalue weighted by Gasteiger charge is 2.05. The van der Waals surface area contributed by atoms with Crippen LogP contribution < -0.4 is 5.32 Å². The van der Waals surface area contributed by atoms with Gasteiger partial charge in [-0.05, 0) is 25.1 Å². The van der Waals surface area contributed by atoms with Crippen molar-refractivity contribution < 1.29 is 0 Å². The fourth-order valence-electron chi connectivity index (χ4n) is 0.999. The summed E-state index contributed by atoms with van der Waals surface area (Å²) >= 11 is 3.31. The molecule has 0 radical (unpaired) electrons. The Morgan fingerprint density at radius 2 is 2.14 bits per heavy atom. The van der Waals surface area contributed by atoms with Crippen LogP contribution in [0.1, 0.15) is 12.5 Å². The molecule has 0 aliphatic carbocycles. The molecule has 3 nitrogen and oxygen atoms in total. The number of nitrogens with zero attached hydrogens (tertiary/aromatic N) is 2. The number of rotatable bonds is 2. The van der Waals surface area contributed by atoms with Gasteiger partial charge in [-0.25, -0.2) is 0 Å². The van der Waals surface area contributed by atoms with Crippen molar-refractivity contribution in [1.29, 1.82) is 10.5 Å². The first kappa shape index (κ1) is 10.6. The highest BCUT2D eigenvalue weighted by Crippen LogP contribution is 2.21. The molecule has 1 aromatic carbocycles. The molecule has 70 valence electrons. The second-order valence-corrected chi connectivity index (χ2v) is 3.71. The number of hydrogen-bond acceptors (Lipinski definition) is 3. The minimum absolute atomic E-state index is 0.309. The Morgan fingerprint density at radius 3 is 2.71 bits per heavy atom. The third kappa shape index (κ3) is 2.48. The Hall–Kier alpha value is -1.52. The summed E-state index contributed by atoms with van der Waals surface area (Å²) in [5, 5.41) is 20.4. The number of hydrogen-bond donors (Lipinski definition) is 1. The topological polar surface area (TPSA) is 59.6 Å². The van der Waals surface area contributed by atoms with E-state index in [0.29, 0.717) is 11.3 Å². The van der Waals surface area contributed by atoms with Crippen molar-refractivity contribution in [3.05, 3.63) is 28.2 Å². The van der Waals surface area contributed by atoms with Crippen LogP contribution in [0.5, 0.6) is 0 Å². The first-order chi connectivity index (χ1) is 6.67. The van der Waals surface area contributed by atoms with Crippen LogP contribution in [0.2, 0.25) is 0 Å². The summed E-state index contributed by atoms with van der Waals surface area (Å²) in [7, 11) is 0. The maximum absolute atomic E-state index is 8.81. The van der Waals surface area contributed by atoms with Crippen LogP contribution in [-0.2, 0) is 0 Å². The van der Waals surface area contributed by atoms with Crippen LogP contribution in [0.15, 0.2) is 22.7 Å². The Kier molecular flexibility index (Phi) is 3.50. The van der Waals surface area contributed by atoms with Crippen molar-refractivity contribution in [1.82, 2.24) is 0 Å². The highest BCUT2D eigenvalue weighted by molar-refractivity contribution is 9.10. The number of nitrogens with one attached hydrogen (secondary N) is 1. The smallest absolute Gasteiger partial charge is 0.111 e. The summed E-state index contributed by atoms with van der Waals surface area (Å²) in [4.78, 5) is 0. The van der Waals surface area contributed by atoms with E-state index in [4.69, 9.17) is 10.5 Å². The van der Waals surface area contributed by atoms with Gasteiger partial charge in [-0.2, -0.15) is 10.5 Å². The van der Waals surface area contributed by atoms with Gasteiger partial charge >= 0.3 is 0 Å². The van der Waals surface area contributed by atoms with Crippen LogP contribution in [0.25, 0.3) is 0 Å². The summed E-state index contributed by atoms with van der Waals surface area (Å²) < 4.78 is 0.879. The van der Waals surface area contributed by atoms with E-state index in [0.717, 1.165) is 4.47 Å². The van der Waals surface area contributed by atoms with Crippen LogP contribution >= 0.6 is 15.9 Å². The molecule has 0 amide bonds. The molecule has 1 rings (SSSR count). The van der Waals surface area contributed by atoms with Crippen molar-refractivity contribution >= 4 is 21.6 Å². The lowest BCUT2D eigenvalue weighted by molar-refractivity contribution is 1.01. The molecule has 0 fully saturated rings. The predicted molar refractivity (Wildman–Crippen MR) is 57.6 cm³/mol. The normalized spacial score (nSPS) is 11.1. The van der Waals surface area contributed by atoms with Gasteiger partial charge in [-0.3, -0.25) is 0 Å². The number of benzene rings is 1. The summed E-state index contributed by atoms with van der Waals surface area (Å²) in [6.07, 6.45) is 0. The zero-order valence-electron chi connectivity index (χ0n) is 7.58. The molecule has 4 heteroatoms. The molecule has 0 aliphatic heterocycles. The van der Waals surface area contributed by atoms with Gasteiger partial charge in [0.05, 0.1) is 17.3 Å². The summed E-state index contributed by atoms with van der Waals surface area (Å²) in [5.74, 6) is 0. The molecule has 0 aliphatic rings. The number of anilines is 1. The quantitative estimate of drug-likeness (QED) is 0.877. The van der Waals surface area contributed by atoms with Gasteiger partial charge in [0.2, 0.25) is 0 Å². The molecule has 0 aromatic heterocycles. The third-order valence-corrected chi connectivity index (χ3v) is 2.16. The molecule has 1 atom stereocenters. The van der Waals surface area contributed by atoms with Crippen molar-refractivity contribution in [2.75, 3.05) is 5.32 Å². The molecule has 14 heavy (non-hydrogen) atoms. The molecule has 0 spiro atoms. The fraction of sp³-hybridized carbons (Fsp3) is 0.200. The van der Waals surface area contributed by atoms with Crippen LogP contribution in [-0.4, -0.2) is 6.04 Å². The van der Waals surface area contributed by atoms with Crippen molar-refractivity contribution in [3.8, 4) is 12.1 Å². The Labute approximate surface area is 91.1 Å². The second-order valence-electron chi connectivity index (χ2n) is 2.80. The lowest BCUT2D eigenvalue weighted by Crippen LogP contribution is -2.12. The average molecular weight is 250 g/mol. The van der Waals surface area contributed by atoms with Gasteiger partial charge in [-0.15, -0.1) is 0 Å². The predicted octanol–water partition coefficient (Wildman–Crippen LogP) is 2.64. The van der Waals surface area contributed by atoms with Crippen molar-refractivity contribution in [2.45, 2.75) is 13.0 Å². The van der Waals surface area contributed by atoms with Crippen LogP contribution in [0.3, 0.4) is 0 Å². The van der Waals surface area contributed by atoms with Gasteiger partial charge in [0, 0.05) is 4.47 Å². The minimum Gasteiger partial charge on any atom is -0.369 e. The second kappa shape index (κ2) is 4.64. The highest BCUT2D eigenvalue weighted by atomic mass is 79.9. The van der Waals surface area contributed by atoms with E-state index in [1.807, 2.05) is 6.07 Å². The third-order valence-electron chi connectivity index (χ3n) is 1.67. The van der Waals surface area contributed by atoms with E-state index in [9.17, 15) is 0 Å². The molecule has 0 bridgehead atoms. The van der Waals surface area contributed by atoms with E-state index < -0.39 is 0 Å². The Bertz CT molecular complexity index is 414. The molecule has 1 N–H and O–H groups in total. The van der Waals surface area contributed by atoms with Crippen LogP contribution in [0.4, 0.5) is 5.69 Å².